The smallest absolute Gasteiger partial charge is 0.0233 e. The van der Waals surface area contributed by atoms with Crippen molar-refractivity contribution in [2.24, 2.45) is 0 Å². The van der Waals surface area contributed by atoms with Gasteiger partial charge in [0.2, 0.25) is 0 Å². The van der Waals surface area contributed by atoms with Crippen molar-refractivity contribution in [1.29, 1.82) is 0 Å². The molecule has 0 aromatic heterocycles. The van der Waals surface area contributed by atoms with Gasteiger partial charge >= 0.3 is 0 Å². The van der Waals surface area contributed by atoms with Gasteiger partial charge in [-0.3, -0.25) is 4.90 Å². The normalized spacial score (nSPS) is 16.3. The molecule has 0 N–H and O–H groups in total. The molecule has 1 aliphatic rings. The maximum absolute atomic E-state index is 2.66. The molecular formula is C20H34N2. The second-order valence-corrected chi connectivity index (χ2v) is 6.82. The zero-order chi connectivity index (χ0) is 15.6. The first-order valence-corrected chi connectivity index (χ1v) is 9.28. The maximum atomic E-state index is 2.66. The fourth-order valence-electron chi connectivity index (χ4n) is 3.33. The highest BCUT2D eigenvalue weighted by Gasteiger charge is 2.09. The molecule has 0 radical (unpaired) electrons. The summed E-state index contributed by atoms with van der Waals surface area (Å²) in [5.41, 5.74) is 2.80. The van der Waals surface area contributed by atoms with Gasteiger partial charge in [-0.2, -0.15) is 0 Å². The number of rotatable bonds is 9. The van der Waals surface area contributed by atoms with Crippen molar-refractivity contribution in [3.63, 3.8) is 0 Å². The largest absolute Gasteiger partial charge is 0.303 e. The van der Waals surface area contributed by atoms with Gasteiger partial charge in [0.15, 0.2) is 0 Å². The Kier molecular flexibility index (Phi) is 7.96. The molecule has 2 rings (SSSR count). The molecule has 0 spiro atoms. The van der Waals surface area contributed by atoms with Crippen LogP contribution >= 0.6 is 0 Å². The number of likely N-dealkylation sites (tertiary alicyclic amines) is 1. The minimum atomic E-state index is 1.10. The molecule has 0 amide bonds. The summed E-state index contributed by atoms with van der Waals surface area (Å²) in [5, 5.41) is 0. The number of aryl methyl sites for hydroxylation is 1. The van der Waals surface area contributed by atoms with Gasteiger partial charge in [-0.05, 0) is 70.9 Å². The van der Waals surface area contributed by atoms with E-state index in [0.717, 1.165) is 13.1 Å². The maximum Gasteiger partial charge on any atom is 0.0233 e. The van der Waals surface area contributed by atoms with E-state index < -0.39 is 0 Å². The summed E-state index contributed by atoms with van der Waals surface area (Å²) < 4.78 is 0. The number of piperidine rings is 1. The van der Waals surface area contributed by atoms with Gasteiger partial charge in [-0.1, -0.05) is 49.6 Å². The summed E-state index contributed by atoms with van der Waals surface area (Å²) >= 11 is 0. The lowest BCUT2D eigenvalue weighted by Gasteiger charge is -2.26. The van der Waals surface area contributed by atoms with Crippen LogP contribution in [0.15, 0.2) is 24.3 Å². The molecule has 1 aromatic carbocycles. The highest BCUT2D eigenvalue weighted by molar-refractivity contribution is 5.21. The molecule has 1 heterocycles. The van der Waals surface area contributed by atoms with Gasteiger partial charge in [0, 0.05) is 6.54 Å². The van der Waals surface area contributed by atoms with Crippen LogP contribution < -0.4 is 0 Å². The Bertz CT molecular complexity index is 393. The van der Waals surface area contributed by atoms with Crippen LogP contribution in [-0.2, 0) is 6.54 Å². The number of hydrogen-bond acceptors (Lipinski definition) is 2. The summed E-state index contributed by atoms with van der Waals surface area (Å²) in [6.45, 7) is 11.9. The standard InChI is InChI=1S/C20H34N2/c1-3-21(18-20-12-10-19(2)11-13-20)14-6-4-7-15-22-16-8-5-9-17-22/h10-13H,3-9,14-18H2,1-2H3. The second-order valence-electron chi connectivity index (χ2n) is 6.82. The average molecular weight is 303 g/mol. The van der Waals surface area contributed by atoms with Crippen LogP contribution in [0.2, 0.25) is 0 Å². The molecule has 22 heavy (non-hydrogen) atoms. The van der Waals surface area contributed by atoms with Crippen molar-refractivity contribution in [2.45, 2.75) is 58.9 Å². The summed E-state index contributed by atoms with van der Waals surface area (Å²) in [7, 11) is 0. The summed E-state index contributed by atoms with van der Waals surface area (Å²) in [5.74, 6) is 0. The number of nitrogens with zero attached hydrogens (tertiary/aromatic N) is 2. The van der Waals surface area contributed by atoms with Crippen LogP contribution in [0, 0.1) is 6.92 Å². The molecule has 0 saturated carbocycles. The number of benzene rings is 1. The van der Waals surface area contributed by atoms with E-state index in [-0.39, 0.29) is 0 Å². The third kappa shape index (κ3) is 6.50. The lowest BCUT2D eigenvalue weighted by molar-refractivity contribution is 0.220. The van der Waals surface area contributed by atoms with Crippen molar-refractivity contribution in [2.75, 3.05) is 32.7 Å². The van der Waals surface area contributed by atoms with E-state index in [1.54, 1.807) is 0 Å². The van der Waals surface area contributed by atoms with Crippen LogP contribution in [0.25, 0.3) is 0 Å². The molecule has 0 unspecified atom stereocenters. The zero-order valence-electron chi connectivity index (χ0n) is 14.7. The highest BCUT2D eigenvalue weighted by atomic mass is 15.1. The molecule has 0 bridgehead atoms. The minimum absolute atomic E-state index is 1.10. The van der Waals surface area contributed by atoms with Crippen LogP contribution in [0.4, 0.5) is 0 Å². The van der Waals surface area contributed by atoms with Crippen LogP contribution in [0.5, 0.6) is 0 Å². The quantitative estimate of drug-likeness (QED) is 0.621. The van der Waals surface area contributed by atoms with Crippen molar-refractivity contribution < 1.29 is 0 Å². The fourth-order valence-corrected chi connectivity index (χ4v) is 3.33. The van der Waals surface area contributed by atoms with Crippen LogP contribution in [0.3, 0.4) is 0 Å². The summed E-state index contributed by atoms with van der Waals surface area (Å²) in [4.78, 5) is 5.24. The van der Waals surface area contributed by atoms with Gasteiger partial charge < -0.3 is 4.90 Å². The van der Waals surface area contributed by atoms with Crippen molar-refractivity contribution >= 4 is 0 Å². The first-order chi connectivity index (χ1) is 10.8. The Morgan fingerprint density at radius 3 is 2.36 bits per heavy atom. The SMILES string of the molecule is CCN(CCCCCN1CCCCC1)Cc1ccc(C)cc1. The molecule has 2 nitrogen and oxygen atoms in total. The van der Waals surface area contributed by atoms with E-state index in [1.165, 1.54) is 75.8 Å². The molecular weight excluding hydrogens is 268 g/mol. The van der Waals surface area contributed by atoms with Gasteiger partial charge in [-0.25, -0.2) is 0 Å². The first-order valence-electron chi connectivity index (χ1n) is 9.28. The Morgan fingerprint density at radius 2 is 1.68 bits per heavy atom. The topological polar surface area (TPSA) is 6.48 Å². The van der Waals surface area contributed by atoms with E-state index in [4.69, 9.17) is 0 Å². The Labute approximate surface area is 137 Å². The van der Waals surface area contributed by atoms with Crippen molar-refractivity contribution in [3.05, 3.63) is 35.4 Å². The molecule has 124 valence electrons. The zero-order valence-corrected chi connectivity index (χ0v) is 14.7. The second kappa shape index (κ2) is 10.0. The molecule has 1 saturated heterocycles. The van der Waals surface area contributed by atoms with E-state index in [0.29, 0.717) is 0 Å². The van der Waals surface area contributed by atoms with E-state index in [9.17, 15) is 0 Å². The fraction of sp³-hybridized carbons (Fsp3) is 0.700. The predicted molar refractivity (Wildman–Crippen MR) is 96.3 cm³/mol. The first kappa shape index (κ1) is 17.5. The third-order valence-electron chi connectivity index (χ3n) is 4.87. The minimum Gasteiger partial charge on any atom is -0.303 e. The summed E-state index contributed by atoms with van der Waals surface area (Å²) in [6.07, 6.45) is 8.37. The van der Waals surface area contributed by atoms with E-state index in [1.807, 2.05) is 0 Å². The van der Waals surface area contributed by atoms with Crippen LogP contribution in [-0.4, -0.2) is 42.5 Å². The molecule has 0 atom stereocenters. The lowest BCUT2D eigenvalue weighted by Crippen LogP contribution is -2.30. The molecule has 0 aliphatic carbocycles. The Hall–Kier alpha value is -0.860. The lowest BCUT2D eigenvalue weighted by atomic mass is 10.1. The van der Waals surface area contributed by atoms with Crippen molar-refractivity contribution in [1.82, 2.24) is 9.80 Å². The highest BCUT2D eigenvalue weighted by Crippen LogP contribution is 2.11. The van der Waals surface area contributed by atoms with Gasteiger partial charge in [0.1, 0.15) is 0 Å². The molecule has 1 aliphatic heterocycles. The van der Waals surface area contributed by atoms with Gasteiger partial charge in [0.25, 0.3) is 0 Å². The predicted octanol–water partition coefficient (Wildman–Crippen LogP) is 4.47. The van der Waals surface area contributed by atoms with E-state index >= 15 is 0 Å². The number of unbranched alkanes of at least 4 members (excludes halogenated alkanes) is 2. The number of hydrogen-bond donors (Lipinski definition) is 0. The average Bonchev–Trinajstić information content (AvgIpc) is 2.56. The monoisotopic (exact) mass is 302 g/mol. The molecule has 1 fully saturated rings. The third-order valence-corrected chi connectivity index (χ3v) is 4.87. The van der Waals surface area contributed by atoms with E-state index in [2.05, 4.69) is 47.9 Å². The van der Waals surface area contributed by atoms with Crippen molar-refractivity contribution in [3.8, 4) is 0 Å². The Balaban J connectivity index is 1.58. The molecule has 1 aromatic rings. The molecule has 2 heteroatoms. The van der Waals surface area contributed by atoms with Gasteiger partial charge in [-0.15, -0.1) is 0 Å². The van der Waals surface area contributed by atoms with Gasteiger partial charge in [0.05, 0.1) is 0 Å². The van der Waals surface area contributed by atoms with Crippen LogP contribution in [0.1, 0.15) is 56.6 Å². The summed E-state index contributed by atoms with van der Waals surface area (Å²) in [6, 6.07) is 8.99. The Morgan fingerprint density at radius 1 is 0.955 bits per heavy atom.